The van der Waals surface area contributed by atoms with E-state index < -0.39 is 0 Å². The predicted molar refractivity (Wildman–Crippen MR) is 125 cm³/mol. The molecular formula is C24H33N5OS. The van der Waals surface area contributed by atoms with Crippen molar-refractivity contribution in [1.82, 2.24) is 19.7 Å². The fourth-order valence-electron chi connectivity index (χ4n) is 5.54. The van der Waals surface area contributed by atoms with Crippen molar-refractivity contribution in [2.24, 2.45) is 5.92 Å². The van der Waals surface area contributed by atoms with E-state index in [4.69, 9.17) is 0 Å². The first-order chi connectivity index (χ1) is 15.2. The molecule has 3 fully saturated rings. The van der Waals surface area contributed by atoms with Gasteiger partial charge in [0.2, 0.25) is 11.9 Å². The van der Waals surface area contributed by atoms with Crippen LogP contribution >= 0.6 is 11.8 Å². The minimum atomic E-state index is 0.266. The van der Waals surface area contributed by atoms with Gasteiger partial charge in [0.25, 0.3) is 0 Å². The van der Waals surface area contributed by atoms with Gasteiger partial charge in [-0.1, -0.05) is 42.3 Å². The van der Waals surface area contributed by atoms with Gasteiger partial charge in [0.15, 0.2) is 5.16 Å². The fourth-order valence-corrected chi connectivity index (χ4v) is 6.37. The number of hydrogen-bond acceptors (Lipinski definition) is 5. The summed E-state index contributed by atoms with van der Waals surface area (Å²) in [6.45, 7) is 5.06. The molecule has 2 saturated heterocycles. The lowest BCUT2D eigenvalue weighted by atomic mass is 9.78. The zero-order valence-corrected chi connectivity index (χ0v) is 19.3. The molecule has 7 heteroatoms. The van der Waals surface area contributed by atoms with Gasteiger partial charge >= 0.3 is 0 Å². The van der Waals surface area contributed by atoms with E-state index in [0.29, 0.717) is 11.8 Å². The molecule has 2 aromatic rings. The molecule has 0 bridgehead atoms. The number of hydrogen-bond donors (Lipinski definition) is 0. The van der Waals surface area contributed by atoms with Gasteiger partial charge in [0.1, 0.15) is 0 Å². The number of nitrogens with zero attached hydrogens (tertiary/aromatic N) is 5. The summed E-state index contributed by atoms with van der Waals surface area (Å²) in [6, 6.07) is 8.97. The lowest BCUT2D eigenvalue weighted by Crippen LogP contribution is -2.50. The van der Waals surface area contributed by atoms with Crippen molar-refractivity contribution in [3.63, 3.8) is 0 Å². The topological polar surface area (TPSA) is 54.3 Å². The van der Waals surface area contributed by atoms with Gasteiger partial charge in [-0.05, 0) is 63.5 Å². The summed E-state index contributed by atoms with van der Waals surface area (Å²) in [4.78, 5) is 17.7. The third-order valence-corrected chi connectivity index (χ3v) is 8.10. The molecule has 2 aliphatic heterocycles. The average Bonchev–Trinajstić information content (AvgIpc) is 3.47. The number of aryl methyl sites for hydroxylation is 1. The van der Waals surface area contributed by atoms with Crippen LogP contribution in [0.5, 0.6) is 0 Å². The van der Waals surface area contributed by atoms with Crippen LogP contribution in [0.15, 0.2) is 29.4 Å². The van der Waals surface area contributed by atoms with Crippen molar-refractivity contribution >= 4 is 23.6 Å². The number of rotatable bonds is 5. The van der Waals surface area contributed by atoms with E-state index in [9.17, 15) is 4.79 Å². The summed E-state index contributed by atoms with van der Waals surface area (Å²) in [6.07, 6.45) is 9.90. The summed E-state index contributed by atoms with van der Waals surface area (Å²) in [5.41, 5.74) is 2.30. The number of amides is 1. The highest BCUT2D eigenvalue weighted by Crippen LogP contribution is 2.36. The van der Waals surface area contributed by atoms with Crippen LogP contribution in [0.4, 0.5) is 5.95 Å². The second kappa shape index (κ2) is 9.23. The van der Waals surface area contributed by atoms with Crippen molar-refractivity contribution in [1.29, 1.82) is 0 Å². The van der Waals surface area contributed by atoms with E-state index in [1.54, 1.807) is 0 Å². The number of carbonyl (C=O) groups excluding carboxylic acids is 1. The van der Waals surface area contributed by atoms with Crippen LogP contribution in [0.3, 0.4) is 0 Å². The minimum Gasteiger partial charge on any atom is -0.341 e. The van der Waals surface area contributed by atoms with Gasteiger partial charge in [-0.15, -0.1) is 10.2 Å². The van der Waals surface area contributed by atoms with Gasteiger partial charge in [0.05, 0.1) is 11.4 Å². The van der Waals surface area contributed by atoms with Gasteiger partial charge in [-0.25, -0.2) is 0 Å². The van der Waals surface area contributed by atoms with Gasteiger partial charge in [-0.2, -0.15) is 0 Å². The maximum Gasteiger partial charge on any atom is 0.233 e. The third-order valence-electron chi connectivity index (χ3n) is 7.19. The van der Waals surface area contributed by atoms with Crippen molar-refractivity contribution in [3.05, 3.63) is 29.8 Å². The molecule has 1 amide bonds. The monoisotopic (exact) mass is 439 g/mol. The van der Waals surface area contributed by atoms with Crippen LogP contribution in [0, 0.1) is 12.8 Å². The van der Waals surface area contributed by atoms with Crippen molar-refractivity contribution in [3.8, 4) is 5.69 Å². The molecular weight excluding hydrogens is 406 g/mol. The number of aromatic nitrogens is 3. The van der Waals surface area contributed by atoms with Gasteiger partial charge in [0, 0.05) is 25.7 Å². The molecule has 31 heavy (non-hydrogen) atoms. The van der Waals surface area contributed by atoms with E-state index in [1.165, 1.54) is 62.3 Å². The Hall–Kier alpha value is -2.02. The number of thioether (sulfide) groups is 1. The number of likely N-dealkylation sites (tertiary alicyclic amines) is 1. The molecule has 1 aromatic carbocycles. The summed E-state index contributed by atoms with van der Waals surface area (Å²) in [5, 5.41) is 9.88. The fraction of sp³-hybridized carbons (Fsp3) is 0.625. The molecule has 5 rings (SSSR count). The SMILES string of the molecule is Cc1ccc(-n2c(SCC(=O)N3CCCC4CCCCC43)nnc2N2CCCC2)cc1. The minimum absolute atomic E-state index is 0.266. The molecule has 1 aliphatic carbocycles. The Kier molecular flexibility index (Phi) is 6.21. The van der Waals surface area contributed by atoms with E-state index in [-0.39, 0.29) is 5.91 Å². The first-order valence-electron chi connectivity index (χ1n) is 11.9. The highest BCUT2D eigenvalue weighted by atomic mass is 32.2. The zero-order valence-electron chi connectivity index (χ0n) is 18.5. The van der Waals surface area contributed by atoms with E-state index in [2.05, 4.69) is 55.8 Å². The molecule has 2 atom stereocenters. The normalized spacial score (nSPS) is 23.8. The largest absolute Gasteiger partial charge is 0.341 e. The summed E-state index contributed by atoms with van der Waals surface area (Å²) in [7, 11) is 0. The number of fused-ring (bicyclic) bond motifs is 1. The predicted octanol–water partition coefficient (Wildman–Crippen LogP) is 4.45. The van der Waals surface area contributed by atoms with Crippen LogP contribution < -0.4 is 4.90 Å². The first-order valence-corrected chi connectivity index (χ1v) is 12.9. The van der Waals surface area contributed by atoms with Crippen LogP contribution in [-0.4, -0.2) is 57.0 Å². The maximum atomic E-state index is 13.2. The zero-order chi connectivity index (χ0) is 21.2. The molecule has 0 spiro atoms. The summed E-state index contributed by atoms with van der Waals surface area (Å²) in [5.74, 6) is 2.33. The maximum absolute atomic E-state index is 13.2. The van der Waals surface area contributed by atoms with Gasteiger partial charge in [-0.3, -0.25) is 9.36 Å². The number of anilines is 1. The second-order valence-electron chi connectivity index (χ2n) is 9.28. The molecule has 166 valence electrons. The molecule has 3 heterocycles. The molecule has 3 aliphatic rings. The molecule has 1 aromatic heterocycles. The standard InChI is InChI=1S/C24H33N5OS/c1-18-10-12-20(13-11-18)29-23(27-14-4-5-15-27)25-26-24(29)31-17-22(30)28-16-6-8-19-7-2-3-9-21(19)28/h10-13,19,21H,2-9,14-17H2,1H3. The number of piperidine rings is 1. The summed E-state index contributed by atoms with van der Waals surface area (Å²) < 4.78 is 2.14. The third kappa shape index (κ3) is 4.34. The molecule has 0 N–H and O–H groups in total. The smallest absolute Gasteiger partial charge is 0.233 e. The molecule has 0 radical (unpaired) electrons. The van der Waals surface area contributed by atoms with Crippen molar-refractivity contribution in [2.45, 2.75) is 69.5 Å². The van der Waals surface area contributed by atoms with Crippen LogP contribution in [0.25, 0.3) is 5.69 Å². The number of benzene rings is 1. The van der Waals surface area contributed by atoms with E-state index >= 15 is 0 Å². The molecule has 6 nitrogen and oxygen atoms in total. The summed E-state index contributed by atoms with van der Waals surface area (Å²) >= 11 is 1.54. The quantitative estimate of drug-likeness (QED) is 0.644. The lowest BCUT2D eigenvalue weighted by Gasteiger charge is -2.44. The Bertz CT molecular complexity index is 903. The Balaban J connectivity index is 1.35. The lowest BCUT2D eigenvalue weighted by molar-refractivity contribution is -0.134. The highest BCUT2D eigenvalue weighted by Gasteiger charge is 2.35. The number of carbonyl (C=O) groups is 1. The van der Waals surface area contributed by atoms with Crippen LogP contribution in [-0.2, 0) is 4.79 Å². The molecule has 2 unspecified atom stereocenters. The van der Waals surface area contributed by atoms with Crippen LogP contribution in [0.1, 0.15) is 56.9 Å². The average molecular weight is 440 g/mol. The Morgan fingerprint density at radius 3 is 2.52 bits per heavy atom. The van der Waals surface area contributed by atoms with E-state index in [0.717, 1.165) is 48.8 Å². The Morgan fingerprint density at radius 2 is 1.71 bits per heavy atom. The second-order valence-corrected chi connectivity index (χ2v) is 10.2. The molecule has 1 saturated carbocycles. The van der Waals surface area contributed by atoms with E-state index in [1.807, 2.05) is 0 Å². The highest BCUT2D eigenvalue weighted by molar-refractivity contribution is 7.99. The van der Waals surface area contributed by atoms with Crippen molar-refractivity contribution in [2.75, 3.05) is 30.3 Å². The van der Waals surface area contributed by atoms with Crippen LogP contribution in [0.2, 0.25) is 0 Å². The van der Waals surface area contributed by atoms with Crippen molar-refractivity contribution < 1.29 is 4.79 Å². The Morgan fingerprint density at radius 1 is 0.968 bits per heavy atom. The first kappa shape index (κ1) is 20.9. The Labute approximate surface area is 189 Å². The van der Waals surface area contributed by atoms with Gasteiger partial charge < -0.3 is 9.80 Å².